The number of carbonyl (C=O) groups excluding carboxylic acids is 1. The van der Waals surface area contributed by atoms with Gasteiger partial charge in [-0.1, -0.05) is 0 Å². The van der Waals surface area contributed by atoms with Gasteiger partial charge in [0.15, 0.2) is 5.82 Å². The topological polar surface area (TPSA) is 134 Å². The average Bonchev–Trinajstić information content (AvgIpc) is 3.41. The van der Waals surface area contributed by atoms with Crippen molar-refractivity contribution in [1.29, 1.82) is 0 Å². The van der Waals surface area contributed by atoms with E-state index in [1.165, 1.54) is 16.9 Å². The van der Waals surface area contributed by atoms with Gasteiger partial charge in [0.05, 0.1) is 6.61 Å². The molecule has 1 fully saturated rings. The third-order valence-corrected chi connectivity index (χ3v) is 5.08. The molecule has 1 aliphatic heterocycles. The molecule has 1 aromatic carbocycles. The molecule has 3 N–H and O–H groups in total. The van der Waals surface area contributed by atoms with Crippen molar-refractivity contribution in [2.45, 2.75) is 19.4 Å². The third kappa shape index (κ3) is 5.52. The molecule has 1 amide bonds. The van der Waals surface area contributed by atoms with Crippen molar-refractivity contribution < 1.29 is 23.8 Å². The van der Waals surface area contributed by atoms with E-state index in [0.29, 0.717) is 29.7 Å². The predicted octanol–water partition coefficient (Wildman–Crippen LogP) is 1.65. The summed E-state index contributed by atoms with van der Waals surface area (Å²) in [6.45, 7) is 3.54. The molecular weight excluding hydrogens is 433 g/mol. The van der Waals surface area contributed by atoms with Gasteiger partial charge in [-0.3, -0.25) is 14.3 Å². The van der Waals surface area contributed by atoms with Gasteiger partial charge in [-0.25, -0.2) is 9.37 Å². The number of carbonyl (C=O) groups is 2. The number of benzene rings is 1. The van der Waals surface area contributed by atoms with Crippen LogP contribution in [0.25, 0.3) is 10.9 Å². The van der Waals surface area contributed by atoms with Gasteiger partial charge in [-0.05, 0) is 32.5 Å². The molecule has 1 saturated heterocycles. The smallest absolute Gasteiger partial charge is 0.290 e. The van der Waals surface area contributed by atoms with Gasteiger partial charge >= 0.3 is 0 Å². The second-order valence-corrected chi connectivity index (χ2v) is 7.30. The van der Waals surface area contributed by atoms with Crippen molar-refractivity contribution in [3.63, 3.8) is 0 Å². The molecule has 0 radical (unpaired) electrons. The third-order valence-electron chi connectivity index (χ3n) is 5.08. The Labute approximate surface area is 189 Å². The Balaban J connectivity index is 0.000000968. The van der Waals surface area contributed by atoms with Crippen molar-refractivity contribution in [3.8, 4) is 5.88 Å². The van der Waals surface area contributed by atoms with E-state index in [2.05, 4.69) is 30.6 Å². The van der Waals surface area contributed by atoms with Crippen LogP contribution >= 0.6 is 0 Å². The quantitative estimate of drug-likeness (QED) is 0.470. The van der Waals surface area contributed by atoms with Gasteiger partial charge in [0.1, 0.15) is 11.1 Å². The summed E-state index contributed by atoms with van der Waals surface area (Å²) in [5.74, 6) is -0.248. The van der Waals surface area contributed by atoms with Gasteiger partial charge < -0.3 is 25.4 Å². The number of aromatic nitrogens is 4. The van der Waals surface area contributed by atoms with Crippen molar-refractivity contribution in [2.24, 2.45) is 7.05 Å². The molecule has 1 aliphatic rings. The number of ether oxygens (including phenoxy) is 1. The Morgan fingerprint density at radius 2 is 2.18 bits per heavy atom. The molecule has 0 aliphatic carbocycles. The lowest BCUT2D eigenvalue weighted by Crippen LogP contribution is -2.30. The van der Waals surface area contributed by atoms with Gasteiger partial charge in [0.25, 0.3) is 12.4 Å². The number of nitrogens with one attached hydrogen (secondary N) is 2. The van der Waals surface area contributed by atoms with Crippen LogP contribution < -0.4 is 20.3 Å². The summed E-state index contributed by atoms with van der Waals surface area (Å²) in [7, 11) is 3.64. The minimum Gasteiger partial charge on any atom is -0.483 e. The zero-order valence-corrected chi connectivity index (χ0v) is 18.6. The fourth-order valence-corrected chi connectivity index (χ4v) is 3.57. The molecule has 3 aromatic rings. The van der Waals surface area contributed by atoms with Gasteiger partial charge in [0.2, 0.25) is 11.8 Å². The standard InChI is InChI=1S/C20H24FN7O2.CH2O2/c1-4-30-19-15(9-23-20(25-19)28-6-5-13(11-28)22-2)18(29)24-14-7-12-10-27(3)26-17(12)16(21)8-14;2-1-3/h7-10,13,22H,4-6,11H2,1-3H3,(H,24,29);1H,(H,2,3). The number of rotatable bonds is 6. The van der Waals surface area contributed by atoms with Crippen molar-refractivity contribution in [1.82, 2.24) is 25.1 Å². The molecular formula is C21H26FN7O4. The number of likely N-dealkylation sites (N-methyl/N-ethyl adjacent to an activating group) is 1. The molecule has 176 valence electrons. The van der Waals surface area contributed by atoms with Gasteiger partial charge in [0, 0.05) is 49.6 Å². The largest absolute Gasteiger partial charge is 0.483 e. The van der Waals surface area contributed by atoms with E-state index in [1.807, 2.05) is 14.0 Å². The van der Waals surface area contributed by atoms with Crippen LogP contribution in [-0.4, -0.2) is 70.0 Å². The highest BCUT2D eigenvalue weighted by Gasteiger charge is 2.25. The van der Waals surface area contributed by atoms with Crippen LogP contribution in [0, 0.1) is 5.82 Å². The SMILES string of the molecule is CCOc1nc(N2CCC(NC)C2)ncc1C(=O)Nc1cc(F)c2nn(C)cc2c1.O=CO. The van der Waals surface area contributed by atoms with Crippen molar-refractivity contribution in [3.05, 3.63) is 35.9 Å². The lowest BCUT2D eigenvalue weighted by atomic mass is 10.2. The molecule has 1 unspecified atom stereocenters. The second-order valence-electron chi connectivity index (χ2n) is 7.30. The Morgan fingerprint density at radius 1 is 1.42 bits per heavy atom. The molecule has 0 bridgehead atoms. The fourth-order valence-electron chi connectivity index (χ4n) is 3.57. The monoisotopic (exact) mass is 459 g/mol. The summed E-state index contributed by atoms with van der Waals surface area (Å²) in [4.78, 5) is 32.1. The van der Waals surface area contributed by atoms with Crippen molar-refractivity contribution >= 4 is 34.9 Å². The van der Waals surface area contributed by atoms with E-state index >= 15 is 0 Å². The fraction of sp³-hybridized carbons (Fsp3) is 0.381. The van der Waals surface area contributed by atoms with Crippen LogP contribution in [0.4, 0.5) is 16.0 Å². The van der Waals surface area contributed by atoms with Gasteiger partial charge in [-0.2, -0.15) is 10.1 Å². The van der Waals surface area contributed by atoms with Crippen LogP contribution in [0.2, 0.25) is 0 Å². The summed E-state index contributed by atoms with van der Waals surface area (Å²) in [6, 6.07) is 3.29. The van der Waals surface area contributed by atoms with E-state index < -0.39 is 11.7 Å². The molecule has 0 spiro atoms. The van der Waals surface area contributed by atoms with Crippen LogP contribution in [-0.2, 0) is 11.8 Å². The number of nitrogens with zero attached hydrogens (tertiary/aromatic N) is 5. The second kappa shape index (κ2) is 10.7. The van der Waals surface area contributed by atoms with Crippen LogP contribution in [0.15, 0.2) is 24.5 Å². The highest BCUT2D eigenvalue weighted by molar-refractivity contribution is 6.06. The normalized spacial score (nSPS) is 15.2. The average molecular weight is 459 g/mol. The Kier molecular flexibility index (Phi) is 7.72. The van der Waals surface area contributed by atoms with E-state index in [9.17, 15) is 9.18 Å². The van der Waals surface area contributed by atoms with Crippen LogP contribution in [0.3, 0.4) is 0 Å². The maximum Gasteiger partial charge on any atom is 0.290 e. The molecule has 4 rings (SSSR count). The minimum atomic E-state index is -0.506. The highest BCUT2D eigenvalue weighted by Crippen LogP contribution is 2.25. The molecule has 12 heteroatoms. The lowest BCUT2D eigenvalue weighted by molar-refractivity contribution is -0.122. The van der Waals surface area contributed by atoms with E-state index in [4.69, 9.17) is 14.6 Å². The Morgan fingerprint density at radius 3 is 2.85 bits per heavy atom. The number of fused-ring (bicyclic) bond motifs is 1. The number of aryl methyl sites for hydroxylation is 1. The first-order valence-electron chi connectivity index (χ1n) is 10.3. The summed E-state index contributed by atoms with van der Waals surface area (Å²) >= 11 is 0. The Hall–Kier alpha value is -3.80. The summed E-state index contributed by atoms with van der Waals surface area (Å²) in [5.41, 5.74) is 0.765. The first kappa shape index (κ1) is 23.9. The van der Waals surface area contributed by atoms with E-state index in [1.54, 1.807) is 19.3 Å². The number of anilines is 2. The Bertz CT molecular complexity index is 1140. The number of amides is 1. The van der Waals surface area contributed by atoms with Crippen LogP contribution in [0.5, 0.6) is 5.88 Å². The summed E-state index contributed by atoms with van der Waals surface area (Å²) < 4.78 is 21.4. The predicted molar refractivity (Wildman–Crippen MR) is 120 cm³/mol. The minimum absolute atomic E-state index is 0.191. The van der Waals surface area contributed by atoms with E-state index in [-0.39, 0.29) is 23.4 Å². The molecule has 1 atom stereocenters. The summed E-state index contributed by atoms with van der Waals surface area (Å²) in [5, 5.41) is 17.5. The van der Waals surface area contributed by atoms with Crippen molar-refractivity contribution in [2.75, 3.05) is 37.0 Å². The summed E-state index contributed by atoms with van der Waals surface area (Å²) in [6.07, 6.45) is 4.13. The maximum atomic E-state index is 14.3. The molecule has 0 saturated carbocycles. The zero-order valence-electron chi connectivity index (χ0n) is 18.6. The number of hydrogen-bond acceptors (Lipinski definition) is 8. The number of carboxylic acid groups (broad SMARTS) is 1. The lowest BCUT2D eigenvalue weighted by Gasteiger charge is -2.18. The number of hydrogen-bond donors (Lipinski definition) is 3. The van der Waals surface area contributed by atoms with Crippen LogP contribution in [0.1, 0.15) is 23.7 Å². The van der Waals surface area contributed by atoms with Gasteiger partial charge in [-0.15, -0.1) is 0 Å². The highest BCUT2D eigenvalue weighted by atomic mass is 19.1. The van der Waals surface area contributed by atoms with E-state index in [0.717, 1.165) is 19.5 Å². The first-order chi connectivity index (χ1) is 15.9. The first-order valence-corrected chi connectivity index (χ1v) is 10.3. The molecule has 33 heavy (non-hydrogen) atoms. The molecule has 11 nitrogen and oxygen atoms in total. The molecule has 3 heterocycles. The maximum absolute atomic E-state index is 14.3. The zero-order chi connectivity index (χ0) is 24.0. The number of halogens is 1. The molecule has 2 aromatic heterocycles.